The Balaban J connectivity index is 2.20. The van der Waals surface area contributed by atoms with Gasteiger partial charge >= 0.3 is 0 Å². The lowest BCUT2D eigenvalue weighted by Gasteiger charge is -2.23. The van der Waals surface area contributed by atoms with E-state index in [4.69, 9.17) is 0 Å². The van der Waals surface area contributed by atoms with Gasteiger partial charge in [0.05, 0.1) is 0 Å². The van der Waals surface area contributed by atoms with Gasteiger partial charge in [-0.25, -0.2) is 0 Å². The van der Waals surface area contributed by atoms with Crippen molar-refractivity contribution in [3.8, 4) is 0 Å². The number of nitrogens with zero attached hydrogens (tertiary/aromatic N) is 1. The smallest absolute Gasteiger partial charge is 0.0116 e. The Labute approximate surface area is 99.2 Å². The first kappa shape index (κ1) is 13.3. The Hall–Kier alpha value is 0.270. The second kappa shape index (κ2) is 6.12. The van der Waals surface area contributed by atoms with E-state index in [0.29, 0.717) is 10.8 Å². The summed E-state index contributed by atoms with van der Waals surface area (Å²) in [7, 11) is 0. The van der Waals surface area contributed by atoms with Gasteiger partial charge in [0.25, 0.3) is 0 Å². The lowest BCUT2D eigenvalue weighted by Crippen LogP contribution is -2.36. The highest BCUT2D eigenvalue weighted by Gasteiger charge is 2.23. The lowest BCUT2D eigenvalue weighted by atomic mass is 10.1. The van der Waals surface area contributed by atoms with E-state index in [1.807, 2.05) is 0 Å². The zero-order valence-corrected chi connectivity index (χ0v) is 11.5. The molecule has 0 bridgehead atoms. The number of rotatable bonds is 4. The second-order valence-corrected chi connectivity index (χ2v) is 7.11. The summed E-state index contributed by atoms with van der Waals surface area (Å²) in [5.74, 6) is 1.29. The monoisotopic (exact) mass is 230 g/mol. The fourth-order valence-corrected chi connectivity index (χ4v) is 2.94. The standard InChI is InChI=1S/C12H26N2S/c1-11(2)13-6-8-14-7-5-12(3,4)15-10-9-14/h11,13H,5-10H2,1-4H3. The first-order valence-electron chi connectivity index (χ1n) is 6.09. The predicted octanol–water partition coefficient (Wildman–Crippen LogP) is 2.20. The van der Waals surface area contributed by atoms with Gasteiger partial charge in [-0.1, -0.05) is 27.7 Å². The average Bonchev–Trinajstić information content (AvgIpc) is 2.27. The van der Waals surface area contributed by atoms with E-state index in [1.165, 1.54) is 31.8 Å². The van der Waals surface area contributed by atoms with E-state index < -0.39 is 0 Å². The summed E-state index contributed by atoms with van der Waals surface area (Å²) < 4.78 is 0.486. The first-order chi connectivity index (χ1) is 6.99. The van der Waals surface area contributed by atoms with Crippen molar-refractivity contribution in [3.05, 3.63) is 0 Å². The minimum Gasteiger partial charge on any atom is -0.313 e. The normalized spacial score (nSPS) is 23.0. The van der Waals surface area contributed by atoms with Gasteiger partial charge in [-0.15, -0.1) is 0 Å². The summed E-state index contributed by atoms with van der Waals surface area (Å²) >= 11 is 2.12. The molecule has 0 saturated carbocycles. The maximum Gasteiger partial charge on any atom is 0.0116 e. The van der Waals surface area contributed by atoms with Crippen LogP contribution in [0.1, 0.15) is 34.1 Å². The molecule has 1 rings (SSSR count). The number of hydrogen-bond donors (Lipinski definition) is 1. The second-order valence-electron chi connectivity index (χ2n) is 5.31. The van der Waals surface area contributed by atoms with Crippen LogP contribution in [0, 0.1) is 0 Å². The van der Waals surface area contributed by atoms with Crippen LogP contribution < -0.4 is 5.32 Å². The average molecular weight is 230 g/mol. The molecule has 3 heteroatoms. The van der Waals surface area contributed by atoms with Crippen LogP contribution >= 0.6 is 11.8 Å². The SMILES string of the molecule is CC(C)NCCN1CCSC(C)(C)CC1. The van der Waals surface area contributed by atoms with Gasteiger partial charge in [0.1, 0.15) is 0 Å². The molecule has 90 valence electrons. The van der Waals surface area contributed by atoms with Gasteiger partial charge in [0.15, 0.2) is 0 Å². The molecule has 1 heterocycles. The third kappa shape index (κ3) is 5.79. The zero-order chi connectivity index (χ0) is 11.3. The Morgan fingerprint density at radius 2 is 2.07 bits per heavy atom. The van der Waals surface area contributed by atoms with Crippen LogP contribution in [0.15, 0.2) is 0 Å². The summed E-state index contributed by atoms with van der Waals surface area (Å²) in [6, 6.07) is 0.614. The fraction of sp³-hybridized carbons (Fsp3) is 1.00. The number of nitrogens with one attached hydrogen (secondary N) is 1. The molecular formula is C12H26N2S. The molecule has 0 radical (unpaired) electrons. The Morgan fingerprint density at radius 1 is 1.33 bits per heavy atom. The third-order valence-corrected chi connectivity index (χ3v) is 4.28. The van der Waals surface area contributed by atoms with Gasteiger partial charge in [-0.3, -0.25) is 0 Å². The third-order valence-electron chi connectivity index (χ3n) is 2.91. The molecule has 0 spiro atoms. The highest BCUT2D eigenvalue weighted by atomic mass is 32.2. The van der Waals surface area contributed by atoms with Gasteiger partial charge in [0.2, 0.25) is 0 Å². The number of thioether (sulfide) groups is 1. The van der Waals surface area contributed by atoms with E-state index in [0.717, 1.165) is 6.54 Å². The van der Waals surface area contributed by atoms with E-state index in [9.17, 15) is 0 Å². The molecule has 1 saturated heterocycles. The van der Waals surface area contributed by atoms with Gasteiger partial charge in [0, 0.05) is 36.2 Å². The molecule has 0 unspecified atom stereocenters. The molecule has 0 atom stereocenters. The minimum atomic E-state index is 0.486. The molecule has 0 aliphatic carbocycles. The molecule has 1 fully saturated rings. The maximum atomic E-state index is 3.49. The highest BCUT2D eigenvalue weighted by molar-refractivity contribution is 8.00. The van der Waals surface area contributed by atoms with E-state index in [-0.39, 0.29) is 0 Å². The highest BCUT2D eigenvalue weighted by Crippen LogP contribution is 2.30. The van der Waals surface area contributed by atoms with Crippen LogP contribution in [0.5, 0.6) is 0 Å². The molecule has 1 aliphatic rings. The van der Waals surface area contributed by atoms with Crippen LogP contribution in [0.4, 0.5) is 0 Å². The van der Waals surface area contributed by atoms with E-state index >= 15 is 0 Å². The Morgan fingerprint density at radius 3 is 2.73 bits per heavy atom. The van der Waals surface area contributed by atoms with E-state index in [2.05, 4.69) is 49.7 Å². The Kier molecular flexibility index (Phi) is 5.44. The lowest BCUT2D eigenvalue weighted by molar-refractivity contribution is 0.280. The van der Waals surface area contributed by atoms with E-state index in [1.54, 1.807) is 0 Å². The molecule has 0 amide bonds. The molecule has 1 N–H and O–H groups in total. The summed E-state index contributed by atoms with van der Waals surface area (Å²) in [6.45, 7) is 14.0. The van der Waals surface area contributed by atoms with Crippen LogP contribution in [-0.4, -0.2) is 47.6 Å². The van der Waals surface area contributed by atoms with Crippen LogP contribution in [0.2, 0.25) is 0 Å². The quantitative estimate of drug-likeness (QED) is 0.797. The maximum absolute atomic E-state index is 3.49. The summed E-state index contributed by atoms with van der Waals surface area (Å²) in [5, 5.41) is 3.49. The summed E-state index contributed by atoms with van der Waals surface area (Å²) in [4.78, 5) is 2.59. The molecule has 15 heavy (non-hydrogen) atoms. The molecule has 0 aromatic heterocycles. The van der Waals surface area contributed by atoms with Gasteiger partial charge in [-0.2, -0.15) is 11.8 Å². The van der Waals surface area contributed by atoms with Crippen LogP contribution in [0.3, 0.4) is 0 Å². The fourth-order valence-electron chi connectivity index (χ4n) is 1.80. The summed E-state index contributed by atoms with van der Waals surface area (Å²) in [5.41, 5.74) is 0. The topological polar surface area (TPSA) is 15.3 Å². The van der Waals surface area contributed by atoms with Crippen LogP contribution in [-0.2, 0) is 0 Å². The first-order valence-corrected chi connectivity index (χ1v) is 7.08. The largest absolute Gasteiger partial charge is 0.313 e. The van der Waals surface area contributed by atoms with Gasteiger partial charge < -0.3 is 10.2 Å². The van der Waals surface area contributed by atoms with Crippen LogP contribution in [0.25, 0.3) is 0 Å². The van der Waals surface area contributed by atoms with Crippen molar-refractivity contribution in [3.63, 3.8) is 0 Å². The van der Waals surface area contributed by atoms with Crippen molar-refractivity contribution in [2.24, 2.45) is 0 Å². The van der Waals surface area contributed by atoms with Crippen molar-refractivity contribution in [2.75, 3.05) is 31.9 Å². The van der Waals surface area contributed by atoms with Crippen molar-refractivity contribution in [2.45, 2.75) is 44.9 Å². The number of hydrogen-bond acceptors (Lipinski definition) is 3. The molecule has 2 nitrogen and oxygen atoms in total. The molecular weight excluding hydrogens is 204 g/mol. The van der Waals surface area contributed by atoms with Crippen molar-refractivity contribution in [1.82, 2.24) is 10.2 Å². The predicted molar refractivity (Wildman–Crippen MR) is 70.7 cm³/mol. The van der Waals surface area contributed by atoms with Crippen molar-refractivity contribution >= 4 is 11.8 Å². The molecule has 1 aliphatic heterocycles. The zero-order valence-electron chi connectivity index (χ0n) is 10.7. The van der Waals surface area contributed by atoms with Gasteiger partial charge in [-0.05, 0) is 13.0 Å². The van der Waals surface area contributed by atoms with Crippen molar-refractivity contribution in [1.29, 1.82) is 0 Å². The molecule has 0 aromatic rings. The Bertz CT molecular complexity index is 180. The molecule has 0 aromatic carbocycles. The van der Waals surface area contributed by atoms with Crippen molar-refractivity contribution < 1.29 is 0 Å². The summed E-state index contributed by atoms with van der Waals surface area (Å²) in [6.07, 6.45) is 1.32. The minimum absolute atomic E-state index is 0.486.